The first-order chi connectivity index (χ1) is 9.54. The predicted molar refractivity (Wildman–Crippen MR) is 88.6 cm³/mol. The molecule has 0 aliphatic rings. The first-order valence-corrected chi connectivity index (χ1v) is 7.64. The monoisotopic (exact) mass is 306 g/mol. The SMILES string of the molecule is CSc1cccc(N(C)c2cccc(F)c2)c1C(N)=S. The highest BCUT2D eigenvalue weighted by molar-refractivity contribution is 7.98. The van der Waals surface area contributed by atoms with E-state index in [0.717, 1.165) is 21.8 Å². The normalized spacial score (nSPS) is 10.3. The van der Waals surface area contributed by atoms with E-state index in [1.54, 1.807) is 17.8 Å². The number of anilines is 2. The summed E-state index contributed by atoms with van der Waals surface area (Å²) >= 11 is 6.75. The van der Waals surface area contributed by atoms with Gasteiger partial charge >= 0.3 is 0 Å². The Morgan fingerprint density at radius 1 is 1.25 bits per heavy atom. The lowest BCUT2D eigenvalue weighted by atomic mass is 10.1. The van der Waals surface area contributed by atoms with Gasteiger partial charge in [0.2, 0.25) is 0 Å². The summed E-state index contributed by atoms with van der Waals surface area (Å²) in [6, 6.07) is 12.3. The third-order valence-electron chi connectivity index (χ3n) is 3.03. The van der Waals surface area contributed by atoms with Crippen LogP contribution in [0.2, 0.25) is 0 Å². The molecule has 2 nitrogen and oxygen atoms in total. The molecule has 0 fully saturated rings. The van der Waals surface area contributed by atoms with Crippen LogP contribution in [0.25, 0.3) is 0 Å². The molecule has 0 unspecified atom stereocenters. The van der Waals surface area contributed by atoms with E-state index in [1.807, 2.05) is 42.5 Å². The highest BCUT2D eigenvalue weighted by Crippen LogP contribution is 2.33. The van der Waals surface area contributed by atoms with Crippen molar-refractivity contribution in [2.24, 2.45) is 5.73 Å². The Kier molecular flexibility index (Phi) is 4.62. The van der Waals surface area contributed by atoms with Crippen LogP contribution in [0.1, 0.15) is 5.56 Å². The standard InChI is InChI=1S/C15H15FN2S2/c1-18(11-6-3-5-10(16)9-11)12-7-4-8-13(20-2)14(12)15(17)19/h3-9H,1-2H3,(H2,17,19). The first-order valence-electron chi connectivity index (χ1n) is 6.00. The zero-order valence-electron chi connectivity index (χ0n) is 11.3. The molecule has 2 N–H and O–H groups in total. The summed E-state index contributed by atoms with van der Waals surface area (Å²) in [6.07, 6.45) is 1.98. The third kappa shape index (κ3) is 2.94. The van der Waals surface area contributed by atoms with Crippen molar-refractivity contribution in [3.05, 3.63) is 53.8 Å². The summed E-state index contributed by atoms with van der Waals surface area (Å²) in [6.45, 7) is 0. The van der Waals surface area contributed by atoms with Gasteiger partial charge in [-0.1, -0.05) is 24.4 Å². The van der Waals surface area contributed by atoms with Crippen LogP contribution >= 0.6 is 24.0 Å². The zero-order chi connectivity index (χ0) is 14.7. The van der Waals surface area contributed by atoms with Crippen molar-refractivity contribution in [1.29, 1.82) is 0 Å². The Hall–Kier alpha value is -1.59. The lowest BCUT2D eigenvalue weighted by Crippen LogP contribution is -2.18. The van der Waals surface area contributed by atoms with Gasteiger partial charge in [-0.15, -0.1) is 11.8 Å². The number of benzene rings is 2. The van der Waals surface area contributed by atoms with E-state index < -0.39 is 0 Å². The average molecular weight is 306 g/mol. The Morgan fingerprint density at radius 2 is 1.95 bits per heavy atom. The van der Waals surface area contributed by atoms with Crippen LogP contribution in [0.5, 0.6) is 0 Å². The van der Waals surface area contributed by atoms with Crippen LogP contribution in [-0.2, 0) is 0 Å². The minimum absolute atomic E-state index is 0.271. The van der Waals surface area contributed by atoms with Crippen molar-refractivity contribution in [2.75, 3.05) is 18.2 Å². The summed E-state index contributed by atoms with van der Waals surface area (Å²) in [4.78, 5) is 3.24. The molecule has 0 aliphatic heterocycles. The minimum Gasteiger partial charge on any atom is -0.389 e. The molecule has 0 heterocycles. The molecule has 2 aromatic carbocycles. The number of thioether (sulfide) groups is 1. The fourth-order valence-corrected chi connectivity index (χ4v) is 2.95. The second-order valence-corrected chi connectivity index (χ2v) is 5.55. The fraction of sp³-hybridized carbons (Fsp3) is 0.133. The van der Waals surface area contributed by atoms with Crippen LogP contribution in [0.15, 0.2) is 47.4 Å². The second-order valence-electron chi connectivity index (χ2n) is 4.26. The molecule has 20 heavy (non-hydrogen) atoms. The van der Waals surface area contributed by atoms with E-state index in [1.165, 1.54) is 12.1 Å². The molecule has 2 aromatic rings. The number of hydrogen-bond acceptors (Lipinski definition) is 3. The summed E-state index contributed by atoms with van der Waals surface area (Å²) in [7, 11) is 1.87. The van der Waals surface area contributed by atoms with Gasteiger partial charge in [-0.25, -0.2) is 4.39 Å². The summed E-state index contributed by atoms with van der Waals surface area (Å²) in [5.41, 5.74) is 8.30. The minimum atomic E-state index is -0.271. The molecule has 0 saturated carbocycles. The Labute approximate surface area is 127 Å². The Bertz CT molecular complexity index is 644. The molecule has 0 radical (unpaired) electrons. The van der Waals surface area contributed by atoms with Crippen LogP contribution in [0.4, 0.5) is 15.8 Å². The maximum atomic E-state index is 13.4. The van der Waals surface area contributed by atoms with E-state index in [0.29, 0.717) is 4.99 Å². The highest BCUT2D eigenvalue weighted by Gasteiger charge is 2.15. The van der Waals surface area contributed by atoms with Crippen molar-refractivity contribution in [1.82, 2.24) is 0 Å². The number of thiocarbonyl (C=S) groups is 1. The van der Waals surface area contributed by atoms with Gasteiger partial charge in [-0.05, 0) is 36.6 Å². The molecule has 0 saturated heterocycles. The van der Waals surface area contributed by atoms with Gasteiger partial charge in [0.25, 0.3) is 0 Å². The molecule has 0 atom stereocenters. The van der Waals surface area contributed by atoms with Crippen molar-refractivity contribution < 1.29 is 4.39 Å². The molecular formula is C15H15FN2S2. The highest BCUT2D eigenvalue weighted by atomic mass is 32.2. The number of hydrogen-bond donors (Lipinski definition) is 1. The summed E-state index contributed by atoms with van der Waals surface area (Å²) in [5.74, 6) is -0.271. The second kappa shape index (κ2) is 6.24. The van der Waals surface area contributed by atoms with Crippen molar-refractivity contribution in [2.45, 2.75) is 4.90 Å². The quantitative estimate of drug-likeness (QED) is 0.684. The summed E-state index contributed by atoms with van der Waals surface area (Å²) < 4.78 is 13.4. The lowest BCUT2D eigenvalue weighted by Gasteiger charge is -2.23. The largest absolute Gasteiger partial charge is 0.389 e. The average Bonchev–Trinajstić information content (AvgIpc) is 2.45. The van der Waals surface area contributed by atoms with Crippen molar-refractivity contribution in [3.8, 4) is 0 Å². The van der Waals surface area contributed by atoms with Gasteiger partial charge in [0.15, 0.2) is 0 Å². The Balaban J connectivity index is 2.54. The molecule has 0 aromatic heterocycles. The maximum absolute atomic E-state index is 13.4. The molecule has 0 aliphatic carbocycles. The van der Waals surface area contributed by atoms with E-state index in [9.17, 15) is 4.39 Å². The van der Waals surface area contributed by atoms with Crippen LogP contribution in [0, 0.1) is 5.82 Å². The van der Waals surface area contributed by atoms with Crippen LogP contribution < -0.4 is 10.6 Å². The number of rotatable bonds is 4. The fourth-order valence-electron chi connectivity index (χ4n) is 2.04. The van der Waals surface area contributed by atoms with Crippen LogP contribution in [0.3, 0.4) is 0 Å². The van der Waals surface area contributed by atoms with Gasteiger partial charge in [0, 0.05) is 23.2 Å². The molecule has 104 valence electrons. The van der Waals surface area contributed by atoms with E-state index in [2.05, 4.69) is 0 Å². The predicted octanol–water partition coefficient (Wildman–Crippen LogP) is 3.95. The third-order valence-corrected chi connectivity index (χ3v) is 4.01. The van der Waals surface area contributed by atoms with Gasteiger partial charge in [-0.3, -0.25) is 0 Å². The summed E-state index contributed by atoms with van der Waals surface area (Å²) in [5, 5.41) is 0. The van der Waals surface area contributed by atoms with Gasteiger partial charge in [0.1, 0.15) is 10.8 Å². The number of halogens is 1. The molecule has 2 rings (SSSR count). The number of nitrogens with two attached hydrogens (primary N) is 1. The smallest absolute Gasteiger partial charge is 0.125 e. The van der Waals surface area contributed by atoms with Gasteiger partial charge < -0.3 is 10.6 Å². The zero-order valence-corrected chi connectivity index (χ0v) is 12.9. The van der Waals surface area contributed by atoms with Crippen molar-refractivity contribution >= 4 is 40.3 Å². The van der Waals surface area contributed by atoms with E-state index in [4.69, 9.17) is 18.0 Å². The van der Waals surface area contributed by atoms with E-state index in [-0.39, 0.29) is 5.82 Å². The molecule has 0 spiro atoms. The molecule has 0 bridgehead atoms. The van der Waals surface area contributed by atoms with Gasteiger partial charge in [-0.2, -0.15) is 0 Å². The first kappa shape index (κ1) is 14.8. The maximum Gasteiger partial charge on any atom is 0.125 e. The number of nitrogens with zero attached hydrogens (tertiary/aromatic N) is 1. The Morgan fingerprint density at radius 3 is 2.55 bits per heavy atom. The molecule has 0 amide bonds. The van der Waals surface area contributed by atoms with Crippen molar-refractivity contribution in [3.63, 3.8) is 0 Å². The van der Waals surface area contributed by atoms with Crippen LogP contribution in [-0.4, -0.2) is 18.3 Å². The van der Waals surface area contributed by atoms with Gasteiger partial charge in [0.05, 0.1) is 5.69 Å². The van der Waals surface area contributed by atoms with E-state index >= 15 is 0 Å². The molecule has 5 heteroatoms. The molecular weight excluding hydrogens is 291 g/mol. The lowest BCUT2D eigenvalue weighted by molar-refractivity contribution is 0.628. The topological polar surface area (TPSA) is 29.3 Å².